The Bertz CT molecular complexity index is 2010. The van der Waals surface area contributed by atoms with Crippen molar-refractivity contribution in [2.45, 2.75) is 63.5 Å². The molecule has 10 rings (SSSR count). The smallest absolute Gasteiger partial charge is 0.218 e. The summed E-state index contributed by atoms with van der Waals surface area (Å²) in [6.45, 7) is 0. The van der Waals surface area contributed by atoms with Crippen LogP contribution in [0.3, 0.4) is 0 Å². The monoisotopic (exact) mass is 604 g/mol. The van der Waals surface area contributed by atoms with Crippen LogP contribution in [0, 0.1) is 23.7 Å². The van der Waals surface area contributed by atoms with Gasteiger partial charge in [-0.25, -0.2) is 15.0 Å². The van der Waals surface area contributed by atoms with Gasteiger partial charge in [0.15, 0.2) is 0 Å². The highest BCUT2D eigenvalue weighted by atomic mass is 15.6. The van der Waals surface area contributed by atoms with Crippen LogP contribution in [0.25, 0.3) is 45.8 Å². The zero-order valence-electron chi connectivity index (χ0n) is 26.1. The highest BCUT2D eigenvalue weighted by Gasteiger charge is 2.43. The molecular formula is C40H40N6. The normalized spacial score (nSPS) is 28.3. The number of benzene rings is 4. The lowest BCUT2D eigenvalue weighted by molar-refractivity contribution is 0.383. The van der Waals surface area contributed by atoms with E-state index in [0.717, 1.165) is 34.6 Å². The average molecular weight is 605 g/mol. The fourth-order valence-electron chi connectivity index (χ4n) is 9.87. The second kappa shape index (κ2) is 10.2. The van der Waals surface area contributed by atoms with Gasteiger partial charge in [0.1, 0.15) is 0 Å². The van der Waals surface area contributed by atoms with Gasteiger partial charge in [-0.2, -0.15) is 0 Å². The molecule has 0 spiro atoms. The summed E-state index contributed by atoms with van der Waals surface area (Å²) in [5.74, 6) is 4.28. The molecular weight excluding hydrogens is 564 g/mol. The number of nitrogens with two attached hydrogens (primary N) is 1. The predicted octanol–water partition coefficient (Wildman–Crippen LogP) is 8.24. The number of hydrogen-bond donors (Lipinski definition) is 3. The van der Waals surface area contributed by atoms with E-state index >= 15 is 0 Å². The Balaban J connectivity index is 1.10. The first-order chi connectivity index (χ1) is 22.6. The van der Waals surface area contributed by atoms with Crippen LogP contribution in [0.4, 0.5) is 11.4 Å². The number of nitrogens with zero attached hydrogens (tertiary/aromatic N) is 3. The summed E-state index contributed by atoms with van der Waals surface area (Å²) >= 11 is 0. The maximum atomic E-state index is 6.90. The Morgan fingerprint density at radius 2 is 1.33 bits per heavy atom. The number of hydrogen-bond acceptors (Lipinski definition) is 2. The van der Waals surface area contributed by atoms with E-state index in [-0.39, 0.29) is 0 Å². The first kappa shape index (κ1) is 26.6. The quantitative estimate of drug-likeness (QED) is 0.108. The Morgan fingerprint density at radius 1 is 0.674 bits per heavy atom. The van der Waals surface area contributed by atoms with Crippen molar-refractivity contribution in [3.05, 3.63) is 82.9 Å². The van der Waals surface area contributed by atoms with Gasteiger partial charge in [-0.3, -0.25) is 5.43 Å². The van der Waals surface area contributed by atoms with Gasteiger partial charge < -0.3 is 11.1 Å². The third-order valence-electron chi connectivity index (χ3n) is 12.0. The summed E-state index contributed by atoms with van der Waals surface area (Å²) in [4.78, 5) is 10.7. The molecule has 6 atom stereocenters. The second-order valence-electron chi connectivity index (χ2n) is 14.6. The van der Waals surface area contributed by atoms with E-state index in [4.69, 9.17) is 15.7 Å². The van der Waals surface area contributed by atoms with E-state index in [0.29, 0.717) is 29.9 Å². The Hall–Kier alpha value is -4.58. The van der Waals surface area contributed by atoms with E-state index in [2.05, 4.69) is 101 Å². The summed E-state index contributed by atoms with van der Waals surface area (Å²) < 4.78 is 0. The molecule has 4 aromatic carbocycles. The summed E-state index contributed by atoms with van der Waals surface area (Å²) in [6, 6.07) is 22.5. The maximum Gasteiger partial charge on any atom is 0.218 e. The first-order valence-electron chi connectivity index (χ1n) is 17.4. The minimum absolute atomic E-state index is 0.338. The summed E-state index contributed by atoms with van der Waals surface area (Å²) in [5.41, 5.74) is 17.4. The van der Waals surface area contributed by atoms with Gasteiger partial charge in [0, 0.05) is 16.8 Å². The molecule has 4 fully saturated rings. The first-order valence-corrected chi connectivity index (χ1v) is 17.4. The zero-order chi connectivity index (χ0) is 30.4. The Labute approximate surface area is 270 Å². The number of anilines is 1. The van der Waals surface area contributed by atoms with Crippen LogP contribution in [-0.2, 0) is 0 Å². The molecule has 46 heavy (non-hydrogen) atoms. The molecule has 6 nitrogen and oxygen atoms in total. The van der Waals surface area contributed by atoms with Crippen molar-refractivity contribution >= 4 is 69.1 Å². The van der Waals surface area contributed by atoms with E-state index in [1.807, 2.05) is 0 Å². The molecule has 0 amide bonds. The van der Waals surface area contributed by atoms with Crippen molar-refractivity contribution in [2.24, 2.45) is 39.4 Å². The summed E-state index contributed by atoms with van der Waals surface area (Å²) in [5, 5.41) is 11.0. The number of aliphatic imine (C=N–C) groups is 2. The van der Waals surface area contributed by atoms with E-state index in [9.17, 15) is 0 Å². The molecule has 230 valence electrons. The standard InChI is InChI=1S/C40H40N6/c41-39(42-33-17-15-27-13-11-25-3-1-5-31(33)37(25)27)45-46(36-18-16-28-14-12-26-4-2-6-32(36)38(26)28)40(43-34-21-23-7-9-29(34)19-23)44-35-22-24-8-10-30(35)20-24/h1-6,11-18,23-24,29-30,34-35H,7-10,19-22H2,(H,43,44)(H3,41,42,45). The van der Waals surface area contributed by atoms with Crippen molar-refractivity contribution < 1.29 is 0 Å². The highest BCUT2D eigenvalue weighted by molar-refractivity contribution is 6.14. The van der Waals surface area contributed by atoms with Crippen LogP contribution in [0.15, 0.2) is 70.6 Å². The van der Waals surface area contributed by atoms with Gasteiger partial charge in [-0.05, 0) is 107 Å². The van der Waals surface area contributed by atoms with Crippen molar-refractivity contribution in [2.75, 3.05) is 5.01 Å². The molecule has 4 N–H and O–H groups in total. The number of guanidine groups is 2. The molecule has 0 aliphatic heterocycles. The van der Waals surface area contributed by atoms with Crippen LogP contribution in [-0.4, -0.2) is 24.0 Å². The number of rotatable bonds is 4. The van der Waals surface area contributed by atoms with E-state index < -0.39 is 0 Å². The van der Waals surface area contributed by atoms with Crippen molar-refractivity contribution in [1.29, 1.82) is 0 Å². The van der Waals surface area contributed by atoms with Gasteiger partial charge in [0.2, 0.25) is 11.9 Å². The molecule has 0 aromatic heterocycles. The van der Waals surface area contributed by atoms with Gasteiger partial charge >= 0.3 is 0 Å². The Morgan fingerprint density at radius 3 is 2.00 bits per heavy atom. The number of hydrazine groups is 1. The molecule has 0 heterocycles. The van der Waals surface area contributed by atoms with Crippen LogP contribution in [0.1, 0.15) is 73.6 Å². The van der Waals surface area contributed by atoms with Crippen molar-refractivity contribution in [3.8, 4) is 0 Å². The molecule has 6 aliphatic carbocycles. The lowest BCUT2D eigenvalue weighted by atomic mass is 9.95. The molecule has 0 radical (unpaired) electrons. The molecule has 4 saturated carbocycles. The van der Waals surface area contributed by atoms with Crippen LogP contribution in [0.5, 0.6) is 0 Å². The zero-order valence-corrected chi connectivity index (χ0v) is 26.1. The molecule has 4 bridgehead atoms. The largest absolute Gasteiger partial charge is 0.368 e. The molecule has 6 heteroatoms. The minimum atomic E-state index is 0.338. The summed E-state index contributed by atoms with van der Waals surface area (Å²) in [7, 11) is 0. The van der Waals surface area contributed by atoms with Gasteiger partial charge in [0.05, 0.1) is 17.4 Å². The fourth-order valence-corrected chi connectivity index (χ4v) is 9.87. The maximum absolute atomic E-state index is 6.90. The topological polar surface area (TPSA) is 78.0 Å². The van der Waals surface area contributed by atoms with Gasteiger partial charge in [-0.1, -0.05) is 85.7 Å². The van der Waals surface area contributed by atoms with E-state index in [1.165, 1.54) is 89.8 Å². The number of fused-ring (bicyclic) bond motifs is 4. The lowest BCUT2D eigenvalue weighted by Crippen LogP contribution is -2.57. The van der Waals surface area contributed by atoms with Crippen molar-refractivity contribution in [3.63, 3.8) is 0 Å². The Kier molecular flexibility index (Phi) is 5.91. The third-order valence-corrected chi connectivity index (χ3v) is 12.0. The molecule has 4 aromatic rings. The summed E-state index contributed by atoms with van der Waals surface area (Å²) in [6.07, 6.45) is 19.2. The van der Waals surface area contributed by atoms with Crippen LogP contribution >= 0.6 is 0 Å². The van der Waals surface area contributed by atoms with Crippen LogP contribution < -0.4 is 21.5 Å². The molecule has 6 unspecified atom stereocenters. The van der Waals surface area contributed by atoms with Gasteiger partial charge in [-0.15, -0.1) is 0 Å². The third kappa shape index (κ3) is 4.22. The SMILES string of the molecule is NC(=Nc1ccc2c3c(cccc13)C=C2)NN(C(=NC1CC2CCC1C2)NC1CC2CCC1C2)c1ccc2c3c(cccc13)C=C2. The second-order valence-corrected chi connectivity index (χ2v) is 14.6. The molecule has 0 saturated heterocycles. The van der Waals surface area contributed by atoms with Gasteiger partial charge in [0.25, 0.3) is 0 Å². The highest BCUT2D eigenvalue weighted by Crippen LogP contribution is 2.47. The average Bonchev–Trinajstić information content (AvgIpc) is 3.93. The predicted molar refractivity (Wildman–Crippen MR) is 192 cm³/mol. The molecule has 6 aliphatic rings. The fraction of sp³-hybridized carbons (Fsp3) is 0.350. The lowest BCUT2D eigenvalue weighted by Gasteiger charge is -2.34. The van der Waals surface area contributed by atoms with E-state index in [1.54, 1.807) is 0 Å². The minimum Gasteiger partial charge on any atom is -0.368 e. The van der Waals surface area contributed by atoms with Crippen LogP contribution in [0.2, 0.25) is 0 Å². The van der Waals surface area contributed by atoms with Crippen molar-refractivity contribution in [1.82, 2.24) is 10.7 Å². The number of nitrogens with one attached hydrogen (secondary N) is 2.